The van der Waals surface area contributed by atoms with Crippen LogP contribution >= 0.6 is 11.6 Å². The molecule has 134 valence electrons. The van der Waals surface area contributed by atoms with Gasteiger partial charge in [0.1, 0.15) is 12.1 Å². The van der Waals surface area contributed by atoms with Crippen molar-refractivity contribution >= 4 is 22.5 Å². The molecular formula is C22H24ClN2O+. The quantitative estimate of drug-likeness (QED) is 0.739. The Morgan fingerprint density at radius 3 is 2.62 bits per heavy atom. The molecule has 3 nitrogen and oxygen atoms in total. The fourth-order valence-corrected chi connectivity index (χ4v) is 4.34. The lowest BCUT2D eigenvalue weighted by atomic mass is 9.90. The molecule has 0 atom stereocenters. The summed E-state index contributed by atoms with van der Waals surface area (Å²) >= 11 is 6.40. The van der Waals surface area contributed by atoms with Crippen molar-refractivity contribution in [1.82, 2.24) is 4.98 Å². The molecule has 1 aliphatic heterocycles. The molecule has 2 heterocycles. The van der Waals surface area contributed by atoms with E-state index in [1.165, 1.54) is 29.7 Å². The molecule has 0 unspecified atom stereocenters. The van der Waals surface area contributed by atoms with Crippen LogP contribution in [0.5, 0.6) is 5.75 Å². The second-order valence-electron chi connectivity index (χ2n) is 7.33. The standard InChI is InChI=1S/C22H23ClN2O/c23-20-14-18(22(26)21-19(20)7-4-10-24-21)15-25-11-8-17(9-12-25)13-16-5-2-1-3-6-16/h1-7,10,14,17,26H,8-9,11-13,15H2/p+1. The number of benzene rings is 2. The highest BCUT2D eigenvalue weighted by atomic mass is 35.5. The van der Waals surface area contributed by atoms with Gasteiger partial charge in [0.15, 0.2) is 5.75 Å². The number of phenols is 1. The number of aromatic nitrogens is 1. The highest BCUT2D eigenvalue weighted by molar-refractivity contribution is 6.35. The SMILES string of the molecule is Oc1c(C[NH+]2CCC(Cc3ccccc3)CC2)cc(Cl)c2cccnc12. The van der Waals surface area contributed by atoms with E-state index < -0.39 is 0 Å². The number of piperidine rings is 1. The van der Waals surface area contributed by atoms with Crippen molar-refractivity contribution in [3.63, 3.8) is 0 Å². The summed E-state index contributed by atoms with van der Waals surface area (Å²) in [5, 5.41) is 12.1. The van der Waals surface area contributed by atoms with Gasteiger partial charge in [-0.05, 0) is 48.9 Å². The van der Waals surface area contributed by atoms with E-state index in [2.05, 4.69) is 35.3 Å². The van der Waals surface area contributed by atoms with Gasteiger partial charge in [-0.3, -0.25) is 4.98 Å². The number of pyridine rings is 1. The van der Waals surface area contributed by atoms with Crippen molar-refractivity contribution in [2.45, 2.75) is 25.8 Å². The van der Waals surface area contributed by atoms with Gasteiger partial charge in [0.2, 0.25) is 0 Å². The number of phenolic OH excluding ortho intramolecular Hbond substituents is 1. The third-order valence-corrected chi connectivity index (χ3v) is 5.83. The van der Waals surface area contributed by atoms with Crippen LogP contribution in [0.4, 0.5) is 0 Å². The van der Waals surface area contributed by atoms with Gasteiger partial charge in [-0.1, -0.05) is 41.9 Å². The highest BCUT2D eigenvalue weighted by Crippen LogP contribution is 2.32. The van der Waals surface area contributed by atoms with Crippen molar-refractivity contribution in [3.05, 3.63) is 70.9 Å². The van der Waals surface area contributed by atoms with Crippen LogP contribution in [-0.2, 0) is 13.0 Å². The normalized spacial score (nSPS) is 20.3. The molecule has 4 rings (SSSR count). The van der Waals surface area contributed by atoms with Gasteiger partial charge in [-0.25, -0.2) is 0 Å². The van der Waals surface area contributed by atoms with Crippen molar-refractivity contribution in [3.8, 4) is 5.75 Å². The molecule has 26 heavy (non-hydrogen) atoms. The molecule has 4 heteroatoms. The lowest BCUT2D eigenvalue weighted by Gasteiger charge is -2.29. The number of hydrogen-bond donors (Lipinski definition) is 2. The Kier molecular flexibility index (Phi) is 5.09. The van der Waals surface area contributed by atoms with Crippen LogP contribution < -0.4 is 4.90 Å². The number of nitrogens with zero attached hydrogens (tertiary/aromatic N) is 1. The summed E-state index contributed by atoms with van der Waals surface area (Å²) in [5.74, 6) is 1.04. The fourth-order valence-electron chi connectivity index (χ4n) is 4.06. The third kappa shape index (κ3) is 3.69. The molecule has 0 saturated carbocycles. The van der Waals surface area contributed by atoms with Crippen LogP contribution in [0.1, 0.15) is 24.0 Å². The van der Waals surface area contributed by atoms with Crippen LogP contribution in [0, 0.1) is 5.92 Å². The van der Waals surface area contributed by atoms with Gasteiger partial charge in [0.05, 0.1) is 23.7 Å². The summed E-state index contributed by atoms with van der Waals surface area (Å²) in [6.45, 7) is 3.07. The van der Waals surface area contributed by atoms with E-state index in [0.717, 1.165) is 36.5 Å². The van der Waals surface area contributed by atoms with Crippen molar-refractivity contribution in [2.75, 3.05) is 13.1 Å². The summed E-state index contributed by atoms with van der Waals surface area (Å²) in [5.41, 5.74) is 2.94. The first-order valence-corrected chi connectivity index (χ1v) is 9.71. The maximum Gasteiger partial charge on any atom is 0.150 e. The first kappa shape index (κ1) is 17.3. The van der Waals surface area contributed by atoms with E-state index >= 15 is 0 Å². The fraction of sp³-hybridized carbons (Fsp3) is 0.318. The summed E-state index contributed by atoms with van der Waals surface area (Å²) in [4.78, 5) is 5.82. The Labute approximate surface area is 159 Å². The van der Waals surface area contributed by atoms with Crippen LogP contribution in [0.25, 0.3) is 10.9 Å². The van der Waals surface area contributed by atoms with Crippen LogP contribution in [-0.4, -0.2) is 23.2 Å². The second-order valence-corrected chi connectivity index (χ2v) is 7.73. The molecule has 0 amide bonds. The number of fused-ring (bicyclic) bond motifs is 1. The van der Waals surface area contributed by atoms with Gasteiger partial charge in [-0.2, -0.15) is 0 Å². The zero-order chi connectivity index (χ0) is 17.9. The van der Waals surface area contributed by atoms with Crippen molar-refractivity contribution in [2.24, 2.45) is 5.92 Å². The summed E-state index contributed by atoms with van der Waals surface area (Å²) < 4.78 is 0. The Hall–Kier alpha value is -2.10. The maximum atomic E-state index is 10.6. The van der Waals surface area contributed by atoms with E-state index in [4.69, 9.17) is 11.6 Å². The first-order chi connectivity index (χ1) is 12.7. The predicted molar refractivity (Wildman–Crippen MR) is 106 cm³/mol. The Bertz CT molecular complexity index is 889. The highest BCUT2D eigenvalue weighted by Gasteiger charge is 2.24. The average molecular weight is 368 g/mol. The summed E-state index contributed by atoms with van der Waals surface area (Å²) in [6.07, 6.45) is 5.32. The van der Waals surface area contributed by atoms with Crippen LogP contribution in [0.15, 0.2) is 54.7 Å². The minimum absolute atomic E-state index is 0.281. The number of quaternary nitrogens is 1. The average Bonchev–Trinajstić information content (AvgIpc) is 2.68. The van der Waals surface area contributed by atoms with Crippen molar-refractivity contribution in [1.29, 1.82) is 0 Å². The molecule has 1 fully saturated rings. The van der Waals surface area contributed by atoms with E-state index in [9.17, 15) is 5.11 Å². The largest absolute Gasteiger partial charge is 0.505 e. The van der Waals surface area contributed by atoms with E-state index in [0.29, 0.717) is 10.5 Å². The van der Waals surface area contributed by atoms with Crippen LogP contribution in [0.3, 0.4) is 0 Å². The smallest absolute Gasteiger partial charge is 0.150 e. The van der Waals surface area contributed by atoms with Crippen LogP contribution in [0.2, 0.25) is 5.02 Å². The number of likely N-dealkylation sites (tertiary alicyclic amines) is 1. The molecule has 3 aromatic rings. The third-order valence-electron chi connectivity index (χ3n) is 5.51. The first-order valence-electron chi connectivity index (χ1n) is 9.33. The topological polar surface area (TPSA) is 37.6 Å². The van der Waals surface area contributed by atoms with Crippen molar-refractivity contribution < 1.29 is 10.0 Å². The molecule has 0 spiro atoms. The van der Waals surface area contributed by atoms with E-state index in [1.54, 1.807) is 6.20 Å². The Morgan fingerprint density at radius 2 is 1.85 bits per heavy atom. The lowest BCUT2D eigenvalue weighted by Crippen LogP contribution is -3.11. The molecule has 0 radical (unpaired) electrons. The Balaban J connectivity index is 1.42. The monoisotopic (exact) mass is 367 g/mol. The van der Waals surface area contributed by atoms with Gasteiger partial charge in [0, 0.05) is 11.6 Å². The summed E-state index contributed by atoms with van der Waals surface area (Å²) in [7, 11) is 0. The minimum atomic E-state index is 0.281. The number of aromatic hydroxyl groups is 1. The molecule has 0 bridgehead atoms. The molecular weight excluding hydrogens is 344 g/mol. The zero-order valence-electron chi connectivity index (χ0n) is 14.8. The van der Waals surface area contributed by atoms with Gasteiger partial charge in [0.25, 0.3) is 0 Å². The van der Waals surface area contributed by atoms with Gasteiger partial charge < -0.3 is 10.0 Å². The molecule has 1 aliphatic rings. The number of rotatable bonds is 4. The molecule has 0 aliphatic carbocycles. The number of hydrogen-bond acceptors (Lipinski definition) is 2. The predicted octanol–water partition coefficient (Wildman–Crippen LogP) is 3.63. The molecule has 2 aromatic carbocycles. The Morgan fingerprint density at radius 1 is 1.08 bits per heavy atom. The minimum Gasteiger partial charge on any atom is -0.505 e. The molecule has 1 aromatic heterocycles. The van der Waals surface area contributed by atoms with Gasteiger partial charge >= 0.3 is 0 Å². The lowest BCUT2D eigenvalue weighted by molar-refractivity contribution is -0.919. The number of halogens is 1. The van der Waals surface area contributed by atoms with E-state index in [1.807, 2.05) is 18.2 Å². The molecule has 2 N–H and O–H groups in total. The zero-order valence-corrected chi connectivity index (χ0v) is 15.5. The molecule has 1 saturated heterocycles. The maximum absolute atomic E-state index is 10.6. The number of nitrogens with one attached hydrogen (secondary N) is 1. The summed E-state index contributed by atoms with van der Waals surface area (Å²) in [6, 6.07) is 16.4. The van der Waals surface area contributed by atoms with E-state index in [-0.39, 0.29) is 5.75 Å². The second kappa shape index (κ2) is 7.65. The van der Waals surface area contributed by atoms with Gasteiger partial charge in [-0.15, -0.1) is 0 Å².